The second-order valence-electron chi connectivity index (χ2n) is 3.44. The molecule has 1 unspecified atom stereocenters. The van der Waals surface area contributed by atoms with E-state index in [2.05, 4.69) is 17.6 Å². The lowest BCUT2D eigenvalue weighted by Crippen LogP contribution is -2.05. The lowest BCUT2D eigenvalue weighted by Gasteiger charge is -2.10. The van der Waals surface area contributed by atoms with Gasteiger partial charge in [-0.25, -0.2) is 4.39 Å². The van der Waals surface area contributed by atoms with Crippen LogP contribution in [0.15, 0.2) is 47.4 Å². The van der Waals surface area contributed by atoms with Crippen molar-refractivity contribution in [2.24, 2.45) is 0 Å². The third kappa shape index (κ3) is 2.33. The minimum absolute atomic E-state index is 0.168. The molecule has 16 heavy (non-hydrogen) atoms. The largest absolute Gasteiger partial charge is 0.329 e. The van der Waals surface area contributed by atoms with Gasteiger partial charge in [0.15, 0.2) is 0 Å². The molecular formula is C12H10FNOS. The average molecular weight is 235 g/mol. The van der Waals surface area contributed by atoms with Gasteiger partial charge in [0.05, 0.1) is 5.25 Å². The number of benzene rings is 1. The monoisotopic (exact) mass is 235 g/mol. The molecule has 2 aromatic rings. The highest BCUT2D eigenvalue weighted by Gasteiger charge is 2.09. The summed E-state index contributed by atoms with van der Waals surface area (Å²) >= 11 is 4.42. The minimum atomic E-state index is -0.282. The second-order valence-corrected chi connectivity index (χ2v) is 3.96. The molecule has 1 atom stereocenters. The summed E-state index contributed by atoms with van der Waals surface area (Å²) in [5, 5.41) is -0.220. The Kier molecular flexibility index (Phi) is 3.10. The quantitative estimate of drug-likeness (QED) is 0.770. The van der Waals surface area contributed by atoms with Crippen molar-refractivity contribution in [1.29, 1.82) is 0 Å². The lowest BCUT2D eigenvalue weighted by molar-refractivity contribution is 0.627. The van der Waals surface area contributed by atoms with Crippen LogP contribution in [0.25, 0.3) is 0 Å². The second kappa shape index (κ2) is 4.53. The predicted octanol–water partition coefficient (Wildman–Crippen LogP) is 2.53. The highest BCUT2D eigenvalue weighted by Crippen LogP contribution is 2.26. The maximum atomic E-state index is 12.7. The first-order valence-corrected chi connectivity index (χ1v) is 5.30. The van der Waals surface area contributed by atoms with Gasteiger partial charge in [-0.3, -0.25) is 4.79 Å². The minimum Gasteiger partial charge on any atom is -0.329 e. The average Bonchev–Trinajstić information content (AvgIpc) is 2.29. The van der Waals surface area contributed by atoms with Crippen LogP contribution < -0.4 is 5.56 Å². The zero-order valence-corrected chi connectivity index (χ0v) is 9.25. The van der Waals surface area contributed by atoms with E-state index in [-0.39, 0.29) is 16.6 Å². The van der Waals surface area contributed by atoms with E-state index in [9.17, 15) is 9.18 Å². The van der Waals surface area contributed by atoms with Crippen molar-refractivity contribution in [2.45, 2.75) is 5.25 Å². The van der Waals surface area contributed by atoms with Crippen LogP contribution in [0, 0.1) is 5.82 Å². The van der Waals surface area contributed by atoms with Gasteiger partial charge >= 0.3 is 0 Å². The maximum absolute atomic E-state index is 12.7. The molecule has 0 amide bonds. The summed E-state index contributed by atoms with van der Waals surface area (Å²) in [5.41, 5.74) is 1.48. The maximum Gasteiger partial charge on any atom is 0.248 e. The van der Waals surface area contributed by atoms with E-state index in [0.29, 0.717) is 0 Å². The Bertz CT molecular complexity index is 535. The molecule has 0 saturated carbocycles. The number of hydrogen-bond donors (Lipinski definition) is 2. The van der Waals surface area contributed by atoms with Crippen molar-refractivity contribution in [3.63, 3.8) is 0 Å². The molecular weight excluding hydrogens is 225 g/mol. The lowest BCUT2D eigenvalue weighted by atomic mass is 10.1. The van der Waals surface area contributed by atoms with Crippen LogP contribution in [0.1, 0.15) is 16.4 Å². The Morgan fingerprint density at radius 1 is 1.12 bits per heavy atom. The first-order valence-electron chi connectivity index (χ1n) is 4.79. The van der Waals surface area contributed by atoms with E-state index in [1.807, 2.05) is 0 Å². The number of pyridine rings is 1. The summed E-state index contributed by atoms with van der Waals surface area (Å²) in [6.45, 7) is 0. The van der Waals surface area contributed by atoms with Crippen LogP contribution in [-0.2, 0) is 0 Å². The Morgan fingerprint density at radius 3 is 2.44 bits per heavy atom. The van der Waals surface area contributed by atoms with Gasteiger partial charge in [-0.1, -0.05) is 12.1 Å². The number of hydrogen-bond acceptors (Lipinski definition) is 2. The molecule has 1 heterocycles. The number of rotatable bonds is 2. The molecule has 0 aliphatic carbocycles. The molecule has 82 valence electrons. The normalized spacial score (nSPS) is 12.4. The summed E-state index contributed by atoms with van der Waals surface area (Å²) < 4.78 is 12.7. The molecule has 0 aliphatic rings. The van der Waals surface area contributed by atoms with Crippen molar-refractivity contribution in [3.8, 4) is 0 Å². The van der Waals surface area contributed by atoms with Crippen molar-refractivity contribution in [2.75, 3.05) is 0 Å². The fourth-order valence-corrected chi connectivity index (χ4v) is 1.80. The summed E-state index contributed by atoms with van der Waals surface area (Å²) in [5.74, 6) is -0.282. The summed E-state index contributed by atoms with van der Waals surface area (Å²) in [4.78, 5) is 13.7. The first kappa shape index (κ1) is 11.0. The van der Waals surface area contributed by atoms with Gasteiger partial charge in [0.25, 0.3) is 0 Å². The van der Waals surface area contributed by atoms with Gasteiger partial charge in [-0.05, 0) is 29.3 Å². The molecule has 1 aromatic heterocycles. The third-order valence-corrected chi connectivity index (χ3v) is 2.90. The predicted molar refractivity (Wildman–Crippen MR) is 64.3 cm³/mol. The highest BCUT2D eigenvalue weighted by atomic mass is 32.1. The molecule has 4 heteroatoms. The van der Waals surface area contributed by atoms with Gasteiger partial charge in [0, 0.05) is 12.3 Å². The van der Waals surface area contributed by atoms with E-state index >= 15 is 0 Å². The van der Waals surface area contributed by atoms with Crippen LogP contribution in [0.2, 0.25) is 0 Å². The highest BCUT2D eigenvalue weighted by molar-refractivity contribution is 7.80. The van der Waals surface area contributed by atoms with Gasteiger partial charge in [0.1, 0.15) is 5.82 Å². The Hall–Kier alpha value is -1.55. The van der Waals surface area contributed by atoms with Crippen LogP contribution in [-0.4, -0.2) is 4.98 Å². The molecule has 0 fully saturated rings. The van der Waals surface area contributed by atoms with Crippen molar-refractivity contribution < 1.29 is 4.39 Å². The molecule has 1 N–H and O–H groups in total. The smallest absolute Gasteiger partial charge is 0.248 e. The Balaban J connectivity index is 2.35. The molecule has 0 radical (unpaired) electrons. The van der Waals surface area contributed by atoms with Crippen molar-refractivity contribution in [1.82, 2.24) is 4.98 Å². The summed E-state index contributed by atoms with van der Waals surface area (Å²) in [6.07, 6.45) is 1.57. The van der Waals surface area contributed by atoms with Gasteiger partial charge < -0.3 is 4.98 Å². The van der Waals surface area contributed by atoms with E-state index in [4.69, 9.17) is 0 Å². The fourth-order valence-electron chi connectivity index (χ4n) is 1.47. The number of aromatic amines is 1. The SMILES string of the molecule is O=c1cc(C(S)c2ccc(F)cc2)cc[nH]1. The molecule has 0 spiro atoms. The number of aromatic nitrogens is 1. The van der Waals surface area contributed by atoms with Crippen molar-refractivity contribution in [3.05, 3.63) is 69.9 Å². The number of nitrogens with one attached hydrogen (secondary N) is 1. The number of H-pyrrole nitrogens is 1. The van der Waals surface area contributed by atoms with E-state index in [0.717, 1.165) is 11.1 Å². The number of thiol groups is 1. The fraction of sp³-hybridized carbons (Fsp3) is 0.0833. The Labute approximate surface area is 97.6 Å². The third-order valence-electron chi connectivity index (χ3n) is 2.30. The molecule has 2 rings (SSSR count). The summed E-state index contributed by atoms with van der Waals surface area (Å²) in [7, 11) is 0. The standard InChI is InChI=1S/C12H10FNOS/c13-10-3-1-8(2-4-10)12(16)9-5-6-14-11(15)7-9/h1-7,12,16H,(H,14,15). The molecule has 2 nitrogen and oxygen atoms in total. The summed E-state index contributed by atoms with van der Waals surface area (Å²) in [6, 6.07) is 9.35. The molecule has 0 saturated heterocycles. The first-order chi connectivity index (χ1) is 7.66. The Morgan fingerprint density at radius 2 is 1.81 bits per heavy atom. The molecule has 0 aliphatic heterocycles. The number of halogens is 1. The topological polar surface area (TPSA) is 32.9 Å². The van der Waals surface area contributed by atoms with Crippen molar-refractivity contribution >= 4 is 12.6 Å². The van der Waals surface area contributed by atoms with E-state index in [1.165, 1.54) is 18.2 Å². The van der Waals surface area contributed by atoms with Crippen LogP contribution in [0.3, 0.4) is 0 Å². The zero-order chi connectivity index (χ0) is 11.5. The van der Waals surface area contributed by atoms with Crippen LogP contribution in [0.4, 0.5) is 4.39 Å². The molecule has 1 aromatic carbocycles. The van der Waals surface area contributed by atoms with E-state index in [1.54, 1.807) is 24.4 Å². The molecule has 0 bridgehead atoms. The zero-order valence-electron chi connectivity index (χ0n) is 8.35. The van der Waals surface area contributed by atoms with Crippen LogP contribution in [0.5, 0.6) is 0 Å². The van der Waals surface area contributed by atoms with Gasteiger partial charge in [-0.15, -0.1) is 0 Å². The van der Waals surface area contributed by atoms with E-state index < -0.39 is 0 Å². The van der Waals surface area contributed by atoms with Gasteiger partial charge in [-0.2, -0.15) is 12.6 Å². The van der Waals surface area contributed by atoms with Crippen LogP contribution >= 0.6 is 12.6 Å². The van der Waals surface area contributed by atoms with Gasteiger partial charge in [0.2, 0.25) is 5.56 Å².